The molecule has 6 nitrogen and oxygen atoms in total. The van der Waals surface area contributed by atoms with Crippen LogP contribution >= 0.6 is 11.8 Å². The number of carboxylic acids is 1. The van der Waals surface area contributed by atoms with Crippen LogP contribution in [0.5, 0.6) is 0 Å². The molecule has 1 aromatic heterocycles. The third-order valence-electron chi connectivity index (χ3n) is 2.67. The molecule has 1 saturated carbocycles. The maximum atomic E-state index is 10.6. The van der Waals surface area contributed by atoms with Crippen molar-refractivity contribution in [2.24, 2.45) is 12.5 Å². The topological polar surface area (TPSA) is 80.9 Å². The van der Waals surface area contributed by atoms with Gasteiger partial charge in [-0.1, -0.05) is 0 Å². The van der Waals surface area contributed by atoms with Crippen molar-refractivity contribution in [3.8, 4) is 0 Å². The molecule has 1 aliphatic carbocycles. The first-order chi connectivity index (χ1) is 7.60. The first kappa shape index (κ1) is 11.4. The monoisotopic (exact) mass is 242 g/mol. The lowest BCUT2D eigenvalue weighted by Crippen LogP contribution is -2.11. The number of aryl methyl sites for hydroxylation is 1. The molecule has 0 amide bonds. The number of hydrogen-bond donors (Lipinski definition) is 1. The van der Waals surface area contributed by atoms with Gasteiger partial charge in [0.2, 0.25) is 0 Å². The van der Waals surface area contributed by atoms with E-state index in [1.54, 1.807) is 18.8 Å². The van der Waals surface area contributed by atoms with Crippen molar-refractivity contribution < 1.29 is 9.90 Å². The molecule has 0 aromatic carbocycles. The first-order valence-electron chi connectivity index (χ1n) is 5.12. The van der Waals surface area contributed by atoms with E-state index >= 15 is 0 Å². The molecule has 88 valence electrons. The quantitative estimate of drug-likeness (QED) is 0.790. The number of nitrogens with zero attached hydrogens (tertiary/aromatic N) is 4. The Hall–Kier alpha value is -1.11. The molecule has 0 aliphatic heterocycles. The summed E-state index contributed by atoms with van der Waals surface area (Å²) in [5.41, 5.74) is 0.0404. The smallest absolute Gasteiger partial charge is 0.303 e. The predicted octanol–water partition coefficient (Wildman–Crippen LogP) is 0.698. The summed E-state index contributed by atoms with van der Waals surface area (Å²) in [5, 5.41) is 20.5. The fourth-order valence-electron chi connectivity index (χ4n) is 1.61. The molecule has 0 bridgehead atoms. The van der Waals surface area contributed by atoms with Crippen LogP contribution < -0.4 is 0 Å². The lowest BCUT2D eigenvalue weighted by atomic mass is 10.1. The van der Waals surface area contributed by atoms with E-state index < -0.39 is 5.97 Å². The molecular formula is C9H14N4O2S. The molecule has 0 saturated heterocycles. The molecular weight excluding hydrogens is 228 g/mol. The lowest BCUT2D eigenvalue weighted by molar-refractivity contribution is -0.138. The number of carbonyl (C=O) groups is 1. The van der Waals surface area contributed by atoms with Gasteiger partial charge in [0, 0.05) is 0 Å². The van der Waals surface area contributed by atoms with Crippen LogP contribution in [0.3, 0.4) is 0 Å². The van der Waals surface area contributed by atoms with Gasteiger partial charge >= 0.3 is 5.97 Å². The summed E-state index contributed by atoms with van der Waals surface area (Å²) in [7, 11) is 1.73. The third-order valence-corrected chi connectivity index (χ3v) is 3.95. The first-order valence-corrected chi connectivity index (χ1v) is 6.28. The van der Waals surface area contributed by atoms with Gasteiger partial charge < -0.3 is 5.11 Å². The number of thioether (sulfide) groups is 1. The van der Waals surface area contributed by atoms with Gasteiger partial charge in [-0.15, -0.1) is 10.2 Å². The summed E-state index contributed by atoms with van der Waals surface area (Å²) >= 11 is 1.69. The van der Waals surface area contributed by atoms with Crippen molar-refractivity contribution >= 4 is 17.7 Å². The van der Waals surface area contributed by atoms with Crippen LogP contribution in [0.25, 0.3) is 0 Å². The zero-order valence-electron chi connectivity index (χ0n) is 9.09. The van der Waals surface area contributed by atoms with Crippen LogP contribution in [-0.2, 0) is 17.6 Å². The Morgan fingerprint density at radius 3 is 2.88 bits per heavy atom. The number of hydrogen-bond acceptors (Lipinski definition) is 5. The number of rotatable bonds is 6. The van der Waals surface area contributed by atoms with Crippen molar-refractivity contribution in [2.45, 2.75) is 25.0 Å². The predicted molar refractivity (Wildman–Crippen MR) is 58.9 cm³/mol. The second-order valence-corrected chi connectivity index (χ2v) is 5.24. The molecule has 0 atom stereocenters. The molecule has 1 N–H and O–H groups in total. The van der Waals surface area contributed by atoms with E-state index in [2.05, 4.69) is 15.4 Å². The highest BCUT2D eigenvalue weighted by molar-refractivity contribution is 7.98. The van der Waals surface area contributed by atoms with E-state index in [1.807, 2.05) is 0 Å². The standard InChI is InChI=1S/C9H14N4O2S/c1-13-11-7(10-12-13)5-16-6-9(2-3-9)4-8(14)15/h2-6H2,1H3,(H,14,15). The lowest BCUT2D eigenvalue weighted by Gasteiger charge is -2.10. The highest BCUT2D eigenvalue weighted by Gasteiger charge is 2.44. The summed E-state index contributed by atoms with van der Waals surface area (Å²) in [5.74, 6) is 1.58. The average molecular weight is 242 g/mol. The van der Waals surface area contributed by atoms with Crippen LogP contribution in [0.1, 0.15) is 25.1 Å². The molecule has 0 unspecified atom stereocenters. The Labute approximate surface area is 97.4 Å². The summed E-state index contributed by atoms with van der Waals surface area (Å²) < 4.78 is 0. The summed E-state index contributed by atoms with van der Waals surface area (Å²) in [6.45, 7) is 0. The molecule has 1 aliphatic rings. The van der Waals surface area contributed by atoms with Crippen molar-refractivity contribution in [1.29, 1.82) is 0 Å². The van der Waals surface area contributed by atoms with E-state index in [0.29, 0.717) is 11.6 Å². The van der Waals surface area contributed by atoms with Gasteiger partial charge in [0.1, 0.15) is 0 Å². The van der Waals surface area contributed by atoms with Crippen LogP contribution in [-0.4, -0.2) is 37.0 Å². The number of tetrazole rings is 1. The number of aromatic nitrogens is 4. The number of carboxylic acid groups (broad SMARTS) is 1. The van der Waals surface area contributed by atoms with Gasteiger partial charge in [-0.2, -0.15) is 16.6 Å². The Kier molecular flexibility index (Phi) is 3.13. The molecule has 1 aromatic rings. The van der Waals surface area contributed by atoms with E-state index in [4.69, 9.17) is 5.11 Å². The summed E-state index contributed by atoms with van der Waals surface area (Å²) in [4.78, 5) is 12.1. The van der Waals surface area contributed by atoms with Crippen LogP contribution in [0, 0.1) is 5.41 Å². The van der Waals surface area contributed by atoms with E-state index in [-0.39, 0.29) is 11.8 Å². The molecule has 0 radical (unpaired) electrons. The molecule has 2 rings (SSSR count). The van der Waals surface area contributed by atoms with E-state index in [1.165, 1.54) is 4.80 Å². The Balaban J connectivity index is 1.74. The second kappa shape index (κ2) is 4.40. The van der Waals surface area contributed by atoms with Gasteiger partial charge in [0.05, 0.1) is 19.2 Å². The van der Waals surface area contributed by atoms with E-state index in [9.17, 15) is 4.79 Å². The SMILES string of the molecule is Cn1nnc(CSCC2(CC(=O)O)CC2)n1. The molecule has 0 spiro atoms. The Morgan fingerprint density at radius 1 is 1.62 bits per heavy atom. The van der Waals surface area contributed by atoms with Gasteiger partial charge in [-0.25, -0.2) is 0 Å². The fraction of sp³-hybridized carbons (Fsp3) is 0.778. The normalized spacial score (nSPS) is 17.3. The summed E-state index contributed by atoms with van der Waals surface area (Å²) in [6.07, 6.45) is 2.34. The van der Waals surface area contributed by atoms with E-state index in [0.717, 1.165) is 18.6 Å². The highest BCUT2D eigenvalue weighted by Crippen LogP contribution is 2.51. The highest BCUT2D eigenvalue weighted by atomic mass is 32.2. The van der Waals surface area contributed by atoms with Crippen molar-refractivity contribution in [2.75, 3.05) is 5.75 Å². The average Bonchev–Trinajstić information content (AvgIpc) is 2.80. The zero-order chi connectivity index (χ0) is 11.6. The molecule has 16 heavy (non-hydrogen) atoms. The zero-order valence-corrected chi connectivity index (χ0v) is 9.90. The van der Waals surface area contributed by atoms with Gasteiger partial charge in [-0.05, 0) is 29.2 Å². The number of aliphatic carboxylic acids is 1. The third kappa shape index (κ3) is 2.94. The van der Waals surface area contributed by atoms with Crippen molar-refractivity contribution in [3.63, 3.8) is 0 Å². The molecule has 1 heterocycles. The molecule has 7 heteroatoms. The summed E-state index contributed by atoms with van der Waals surface area (Å²) in [6, 6.07) is 0. The van der Waals surface area contributed by atoms with Gasteiger partial charge in [0.25, 0.3) is 0 Å². The fourth-order valence-corrected chi connectivity index (χ4v) is 2.83. The van der Waals surface area contributed by atoms with Gasteiger partial charge in [-0.3, -0.25) is 4.79 Å². The minimum absolute atomic E-state index is 0.0404. The van der Waals surface area contributed by atoms with Crippen molar-refractivity contribution in [3.05, 3.63) is 5.82 Å². The Bertz CT molecular complexity index is 389. The Morgan fingerprint density at radius 2 is 2.38 bits per heavy atom. The minimum atomic E-state index is -0.698. The van der Waals surface area contributed by atoms with Crippen molar-refractivity contribution in [1.82, 2.24) is 20.2 Å². The minimum Gasteiger partial charge on any atom is -0.481 e. The maximum absolute atomic E-state index is 10.6. The van der Waals surface area contributed by atoms with Crippen LogP contribution in [0.15, 0.2) is 0 Å². The maximum Gasteiger partial charge on any atom is 0.303 e. The largest absolute Gasteiger partial charge is 0.481 e. The molecule has 1 fully saturated rings. The van der Waals surface area contributed by atoms with Gasteiger partial charge in [0.15, 0.2) is 5.82 Å². The second-order valence-electron chi connectivity index (χ2n) is 4.26. The van der Waals surface area contributed by atoms with Crippen LogP contribution in [0.4, 0.5) is 0 Å². The van der Waals surface area contributed by atoms with Crippen LogP contribution in [0.2, 0.25) is 0 Å².